The molecular formula is C15H13ClN5NaO5S2. The molecule has 2 saturated heterocycles. The van der Waals surface area contributed by atoms with E-state index in [1.807, 2.05) is 0 Å². The van der Waals surface area contributed by atoms with Crippen LogP contribution in [0.15, 0.2) is 29.4 Å². The number of carboxylic acid groups (broad SMARTS) is 1. The average Bonchev–Trinajstić information content (AvgIpc) is 3.15. The van der Waals surface area contributed by atoms with Gasteiger partial charge in [-0.05, 0) is 41.6 Å². The second kappa shape index (κ2) is 7.82. The number of hydrogen-bond acceptors (Lipinski definition) is 9. The number of carbonyl (C=O) groups is 2. The summed E-state index contributed by atoms with van der Waals surface area (Å²) in [5.74, 6) is -2.27. The van der Waals surface area contributed by atoms with Crippen molar-refractivity contribution in [2.24, 2.45) is 0 Å². The number of carboxylic acids is 1. The van der Waals surface area contributed by atoms with Crippen molar-refractivity contribution >= 4 is 45.1 Å². The van der Waals surface area contributed by atoms with Gasteiger partial charge >= 0.3 is 29.6 Å². The van der Waals surface area contributed by atoms with E-state index in [1.165, 1.54) is 11.6 Å². The number of fused-ring (bicyclic) bond motifs is 1. The van der Waals surface area contributed by atoms with Crippen LogP contribution < -0.4 is 34.7 Å². The molecule has 2 fully saturated rings. The molecule has 29 heavy (non-hydrogen) atoms. The molecule has 148 valence electrons. The second-order valence-electron chi connectivity index (χ2n) is 6.68. The van der Waals surface area contributed by atoms with Gasteiger partial charge in [0, 0.05) is 10.8 Å². The third-order valence-corrected chi connectivity index (χ3v) is 9.50. The van der Waals surface area contributed by atoms with Crippen LogP contribution in [-0.4, -0.2) is 67.3 Å². The Balaban J connectivity index is 0.00000240. The molecule has 4 rings (SSSR count). The summed E-state index contributed by atoms with van der Waals surface area (Å²) in [6, 6.07) is 5.12. The summed E-state index contributed by atoms with van der Waals surface area (Å²) in [6.45, 7) is 1.32. The number of hydrogen-bond donors (Lipinski definition) is 0. The monoisotopic (exact) mass is 465 g/mol. The maximum atomic E-state index is 12.9. The molecule has 0 saturated carbocycles. The Labute approximate surface area is 197 Å². The van der Waals surface area contributed by atoms with Gasteiger partial charge in [0.15, 0.2) is 9.84 Å². The fourth-order valence-electron chi connectivity index (χ4n) is 3.48. The van der Waals surface area contributed by atoms with Crippen molar-refractivity contribution < 1.29 is 52.7 Å². The fourth-order valence-corrected chi connectivity index (χ4v) is 7.41. The number of rotatable bonds is 5. The van der Waals surface area contributed by atoms with Crippen LogP contribution in [-0.2, 0) is 19.4 Å². The summed E-state index contributed by atoms with van der Waals surface area (Å²) < 4.78 is 25.5. The molecule has 10 nitrogen and oxygen atoms in total. The minimum absolute atomic E-state index is 0. The number of carbonyl (C=O) groups excluding carboxylic acids is 2. The molecule has 14 heteroatoms. The van der Waals surface area contributed by atoms with Crippen LogP contribution >= 0.6 is 23.4 Å². The molecule has 3 heterocycles. The Morgan fingerprint density at radius 1 is 1.38 bits per heavy atom. The minimum Gasteiger partial charge on any atom is -0.548 e. The summed E-state index contributed by atoms with van der Waals surface area (Å²) in [7, 11) is -3.92. The molecule has 3 atom stereocenters. The molecule has 0 N–H and O–H groups in total. The minimum atomic E-state index is -3.92. The zero-order valence-electron chi connectivity index (χ0n) is 15.4. The number of tetrazole rings is 1. The fraction of sp³-hybridized carbons (Fsp3) is 0.400. The number of nitrogens with zero attached hydrogens (tertiary/aromatic N) is 5. The van der Waals surface area contributed by atoms with E-state index in [2.05, 4.69) is 15.5 Å². The Kier molecular flexibility index (Phi) is 6.07. The number of amides is 1. The van der Waals surface area contributed by atoms with E-state index in [-0.39, 0.29) is 46.9 Å². The van der Waals surface area contributed by atoms with Crippen LogP contribution in [0.25, 0.3) is 5.69 Å². The molecule has 0 aliphatic carbocycles. The Morgan fingerprint density at radius 3 is 2.62 bits per heavy atom. The van der Waals surface area contributed by atoms with Gasteiger partial charge in [-0.1, -0.05) is 23.4 Å². The van der Waals surface area contributed by atoms with Gasteiger partial charge in [-0.15, -0.1) is 5.10 Å². The molecule has 0 unspecified atom stereocenters. The van der Waals surface area contributed by atoms with Gasteiger partial charge in [0.05, 0.1) is 24.1 Å². The van der Waals surface area contributed by atoms with Gasteiger partial charge in [0.1, 0.15) is 10.1 Å². The molecule has 2 aliphatic heterocycles. The van der Waals surface area contributed by atoms with Crippen molar-refractivity contribution in [3.63, 3.8) is 0 Å². The first-order valence-corrected chi connectivity index (χ1v) is 11.0. The Hall–Kier alpha value is -1.18. The Morgan fingerprint density at radius 2 is 2.03 bits per heavy atom. The predicted molar refractivity (Wildman–Crippen MR) is 96.3 cm³/mol. The third-order valence-electron chi connectivity index (χ3n) is 5.04. The van der Waals surface area contributed by atoms with Crippen LogP contribution in [0.1, 0.15) is 13.3 Å². The SMILES string of the molecule is C[C@]1(CSc2nnnn2-c2ccc(Cl)cc2)[C@H](C(=O)[O-])N2C(=O)C[C@@H]2S1(=O)=O.[Na+]. The van der Waals surface area contributed by atoms with E-state index in [0.717, 1.165) is 16.7 Å². The molecule has 1 aromatic carbocycles. The van der Waals surface area contributed by atoms with E-state index >= 15 is 0 Å². The smallest absolute Gasteiger partial charge is 0.548 e. The summed E-state index contributed by atoms with van der Waals surface area (Å²) >= 11 is 6.86. The van der Waals surface area contributed by atoms with E-state index in [9.17, 15) is 23.1 Å². The van der Waals surface area contributed by atoms with E-state index < -0.39 is 37.9 Å². The molecule has 2 aliphatic rings. The summed E-state index contributed by atoms with van der Waals surface area (Å²) in [6.07, 6.45) is -0.213. The van der Waals surface area contributed by atoms with Crippen molar-refractivity contribution in [1.82, 2.24) is 25.1 Å². The standard InChI is InChI=1S/C15H14ClN5O5S2.Na/c1-15(12(13(23)24)20-10(22)6-11(20)28(15,25)26)7-27-14-17-18-19-21(14)9-4-2-8(16)3-5-9;/h2-5,11-12H,6-7H2,1H3,(H,23,24);/q;+1/p-1/t11-,12-,15-;/m0./s1. The maximum absolute atomic E-state index is 12.9. The normalized spacial score (nSPS) is 27.1. The van der Waals surface area contributed by atoms with Crippen LogP contribution in [0.3, 0.4) is 0 Å². The zero-order valence-corrected chi connectivity index (χ0v) is 19.7. The van der Waals surface area contributed by atoms with Crippen molar-refractivity contribution in [2.45, 2.75) is 34.7 Å². The quantitative estimate of drug-likeness (QED) is 0.248. The molecular weight excluding hydrogens is 453 g/mol. The third kappa shape index (κ3) is 3.39. The molecule has 1 amide bonds. The molecule has 0 spiro atoms. The number of halogens is 1. The number of benzene rings is 1. The summed E-state index contributed by atoms with van der Waals surface area (Å²) in [4.78, 5) is 24.4. The van der Waals surface area contributed by atoms with Gasteiger partial charge in [0.2, 0.25) is 11.1 Å². The first kappa shape index (κ1) is 22.5. The largest absolute Gasteiger partial charge is 1.00 e. The maximum Gasteiger partial charge on any atom is 1.00 e. The average molecular weight is 466 g/mol. The van der Waals surface area contributed by atoms with Gasteiger partial charge in [-0.2, -0.15) is 4.68 Å². The van der Waals surface area contributed by atoms with Crippen LogP contribution in [0.5, 0.6) is 0 Å². The topological polar surface area (TPSA) is 138 Å². The molecule has 2 aromatic rings. The van der Waals surface area contributed by atoms with Crippen LogP contribution in [0.4, 0.5) is 0 Å². The van der Waals surface area contributed by atoms with E-state index in [0.29, 0.717) is 10.7 Å². The number of thioether (sulfide) groups is 1. The zero-order chi connectivity index (χ0) is 20.3. The number of β-lactam (4-membered cyclic amide) rings is 1. The van der Waals surface area contributed by atoms with Crippen molar-refractivity contribution in [3.8, 4) is 5.69 Å². The predicted octanol–water partition coefficient (Wildman–Crippen LogP) is -3.72. The van der Waals surface area contributed by atoms with Crippen LogP contribution in [0.2, 0.25) is 5.02 Å². The summed E-state index contributed by atoms with van der Waals surface area (Å²) in [5.41, 5.74) is 0.604. The van der Waals surface area contributed by atoms with Crippen LogP contribution in [0, 0.1) is 0 Å². The van der Waals surface area contributed by atoms with Crippen molar-refractivity contribution in [2.75, 3.05) is 5.75 Å². The number of aromatic nitrogens is 4. The van der Waals surface area contributed by atoms with Gasteiger partial charge in [-0.25, -0.2) is 8.42 Å². The molecule has 0 radical (unpaired) electrons. The molecule has 1 aromatic heterocycles. The number of aliphatic carboxylic acids is 1. The van der Waals surface area contributed by atoms with Gasteiger partial charge < -0.3 is 14.8 Å². The Bertz CT molecular complexity index is 1080. The van der Waals surface area contributed by atoms with Crippen molar-refractivity contribution in [3.05, 3.63) is 29.3 Å². The van der Waals surface area contributed by atoms with E-state index in [1.54, 1.807) is 24.3 Å². The van der Waals surface area contributed by atoms with Crippen molar-refractivity contribution in [1.29, 1.82) is 0 Å². The van der Waals surface area contributed by atoms with Gasteiger partial charge in [-0.3, -0.25) is 4.79 Å². The van der Waals surface area contributed by atoms with E-state index in [4.69, 9.17) is 11.6 Å². The number of sulfone groups is 1. The first-order chi connectivity index (χ1) is 13.2. The second-order valence-corrected chi connectivity index (χ2v) is 10.6. The molecule has 0 bridgehead atoms. The van der Waals surface area contributed by atoms with Gasteiger partial charge in [0.25, 0.3) is 0 Å². The first-order valence-electron chi connectivity index (χ1n) is 8.09. The summed E-state index contributed by atoms with van der Waals surface area (Å²) in [5, 5.41) is 22.7.